The third-order valence-corrected chi connectivity index (χ3v) is 3.31. The van der Waals surface area contributed by atoms with E-state index < -0.39 is 42.2 Å². The van der Waals surface area contributed by atoms with Gasteiger partial charge >= 0.3 is 0 Å². The predicted octanol–water partition coefficient (Wildman–Crippen LogP) is 3.36. The second-order valence-electron chi connectivity index (χ2n) is 5.18. The van der Waals surface area contributed by atoms with Gasteiger partial charge < -0.3 is 15.2 Å². The van der Waals surface area contributed by atoms with E-state index in [1.807, 2.05) is 0 Å². The number of ketones is 1. The van der Waals surface area contributed by atoms with Crippen molar-refractivity contribution in [3.05, 3.63) is 59.8 Å². The Bertz CT molecular complexity index is 1300. The van der Waals surface area contributed by atoms with Crippen molar-refractivity contribution in [2.24, 2.45) is 0 Å². The standard InChI is InChI=1S/C20H18N2O4/c1-12(23)11-21-20(25)18-19(24)16-9-8-15(10-17(16)13(2)22-18)26-14-6-4-3-5-7-14/h3-10,24H,11H2,1-2H3,(H,21,25)/i2D3,3D,6D,7D,11D2. The van der Waals surface area contributed by atoms with E-state index in [-0.39, 0.29) is 40.4 Å². The van der Waals surface area contributed by atoms with Crippen molar-refractivity contribution in [3.8, 4) is 17.2 Å². The van der Waals surface area contributed by atoms with Crippen molar-refractivity contribution in [2.45, 2.75) is 13.8 Å². The molecule has 2 N–H and O–H groups in total. The molecule has 0 radical (unpaired) electrons. The van der Waals surface area contributed by atoms with Crippen LogP contribution in [0.5, 0.6) is 17.2 Å². The molecule has 1 amide bonds. The lowest BCUT2D eigenvalue weighted by atomic mass is 10.1. The minimum atomic E-state index is -2.87. The van der Waals surface area contributed by atoms with E-state index in [1.165, 1.54) is 30.3 Å². The number of aryl methyl sites for hydroxylation is 1. The van der Waals surface area contributed by atoms with Crippen molar-refractivity contribution in [2.75, 3.05) is 6.50 Å². The number of para-hydroxylation sites is 1. The number of amides is 1. The van der Waals surface area contributed by atoms with E-state index in [4.69, 9.17) is 15.7 Å². The Morgan fingerprint density at radius 1 is 1.31 bits per heavy atom. The van der Waals surface area contributed by atoms with E-state index in [2.05, 4.69) is 4.98 Å². The van der Waals surface area contributed by atoms with Crippen LogP contribution < -0.4 is 10.1 Å². The summed E-state index contributed by atoms with van der Waals surface area (Å²) in [4.78, 5) is 27.7. The number of rotatable bonds is 5. The number of hydrogen-bond acceptors (Lipinski definition) is 5. The number of nitrogens with zero attached hydrogens (tertiary/aromatic N) is 1. The number of aromatic hydroxyl groups is 1. The Kier molecular flexibility index (Phi) is 2.76. The van der Waals surface area contributed by atoms with E-state index in [0.717, 1.165) is 6.92 Å². The zero-order valence-corrected chi connectivity index (χ0v) is 13.5. The van der Waals surface area contributed by atoms with Crippen LogP contribution in [0.2, 0.25) is 0 Å². The number of Topliss-reactive ketones (excluding diaryl/α,β-unsaturated/α-hetero) is 1. The van der Waals surface area contributed by atoms with Gasteiger partial charge in [-0.05, 0) is 44.1 Å². The molecule has 132 valence electrons. The van der Waals surface area contributed by atoms with Gasteiger partial charge in [-0.15, -0.1) is 0 Å². The second-order valence-corrected chi connectivity index (χ2v) is 5.18. The van der Waals surface area contributed by atoms with Crippen LogP contribution in [0.1, 0.15) is 34.1 Å². The molecule has 0 fully saturated rings. The maximum atomic E-state index is 12.5. The van der Waals surface area contributed by atoms with Gasteiger partial charge in [0, 0.05) is 20.6 Å². The van der Waals surface area contributed by atoms with Gasteiger partial charge in [-0.2, -0.15) is 0 Å². The Labute approximate surface area is 161 Å². The molecule has 1 heterocycles. The summed E-state index contributed by atoms with van der Waals surface area (Å²) in [6, 6.07) is 5.55. The molecule has 1 aromatic heterocycles. The SMILES string of the molecule is [2H]c1cc([2H])c(Oc2ccc3c(O)c(C(=O)NC([2H])([2H])C(C)=O)nc(C([2H])([2H])[2H])c3c2)c([2H])c1. The lowest BCUT2D eigenvalue weighted by molar-refractivity contribution is -0.116. The number of hydrogen-bond donors (Lipinski definition) is 2. The second kappa shape index (κ2) is 7.23. The first kappa shape index (κ1) is 9.91. The minimum absolute atomic E-state index is 0.00375. The number of fused-ring (bicyclic) bond motifs is 1. The highest BCUT2D eigenvalue weighted by molar-refractivity contribution is 6.03. The van der Waals surface area contributed by atoms with E-state index in [9.17, 15) is 14.7 Å². The molecule has 0 saturated carbocycles. The lowest BCUT2D eigenvalue weighted by Gasteiger charge is -2.12. The average Bonchev–Trinajstić information content (AvgIpc) is 2.69. The number of carbonyl (C=O) groups is 2. The molecule has 0 aliphatic carbocycles. The summed E-state index contributed by atoms with van der Waals surface area (Å²) in [6.45, 7) is -4.73. The molecule has 6 nitrogen and oxygen atoms in total. The van der Waals surface area contributed by atoms with Crippen LogP contribution in [-0.4, -0.2) is 28.3 Å². The molecule has 0 atom stereocenters. The van der Waals surface area contributed by atoms with Gasteiger partial charge in [-0.25, -0.2) is 4.98 Å². The summed E-state index contributed by atoms with van der Waals surface area (Å²) < 4.78 is 67.5. The van der Waals surface area contributed by atoms with E-state index in [1.54, 1.807) is 5.32 Å². The Balaban J connectivity index is 2.15. The third kappa shape index (κ3) is 3.64. The highest BCUT2D eigenvalue weighted by Crippen LogP contribution is 2.33. The zero-order chi connectivity index (χ0) is 25.6. The van der Waals surface area contributed by atoms with Crippen molar-refractivity contribution in [1.29, 1.82) is 0 Å². The largest absolute Gasteiger partial charge is 0.505 e. The molecule has 0 aliphatic heterocycles. The summed E-state index contributed by atoms with van der Waals surface area (Å²) in [6.07, 6.45) is 0. The molecule has 3 aromatic rings. The summed E-state index contributed by atoms with van der Waals surface area (Å²) in [5.74, 6) is -3.22. The number of ether oxygens (including phenoxy) is 1. The summed E-state index contributed by atoms with van der Waals surface area (Å²) in [5, 5.41) is 12.2. The van der Waals surface area contributed by atoms with Crippen LogP contribution in [0.4, 0.5) is 0 Å². The van der Waals surface area contributed by atoms with Gasteiger partial charge in [0.25, 0.3) is 5.91 Å². The lowest BCUT2D eigenvalue weighted by Crippen LogP contribution is -2.29. The summed E-state index contributed by atoms with van der Waals surface area (Å²) in [5.41, 5.74) is -1.39. The first-order valence-corrected chi connectivity index (χ1v) is 7.38. The van der Waals surface area contributed by atoms with E-state index >= 15 is 0 Å². The highest BCUT2D eigenvalue weighted by atomic mass is 16.5. The quantitative estimate of drug-likeness (QED) is 0.730. The van der Waals surface area contributed by atoms with Crippen LogP contribution in [0, 0.1) is 6.85 Å². The summed E-state index contributed by atoms with van der Waals surface area (Å²) >= 11 is 0. The summed E-state index contributed by atoms with van der Waals surface area (Å²) in [7, 11) is 0. The van der Waals surface area contributed by atoms with Crippen molar-refractivity contribution in [3.63, 3.8) is 0 Å². The number of nitrogens with one attached hydrogen (secondary N) is 1. The van der Waals surface area contributed by atoms with E-state index in [0.29, 0.717) is 0 Å². The molecule has 6 heteroatoms. The highest BCUT2D eigenvalue weighted by Gasteiger charge is 2.18. The fourth-order valence-electron chi connectivity index (χ4n) is 2.18. The zero-order valence-electron chi connectivity index (χ0n) is 21.5. The number of carbonyl (C=O) groups excluding carboxylic acids is 2. The third-order valence-electron chi connectivity index (χ3n) is 3.31. The van der Waals surface area contributed by atoms with Gasteiger partial charge in [0.2, 0.25) is 0 Å². The maximum Gasteiger partial charge on any atom is 0.274 e. The number of aromatic nitrogens is 1. The van der Waals surface area contributed by atoms with Crippen molar-refractivity contribution in [1.82, 2.24) is 10.3 Å². The fourth-order valence-corrected chi connectivity index (χ4v) is 2.18. The van der Waals surface area contributed by atoms with Crippen LogP contribution in [0.25, 0.3) is 10.8 Å². The van der Waals surface area contributed by atoms with Crippen molar-refractivity contribution < 1.29 is 30.4 Å². The smallest absolute Gasteiger partial charge is 0.274 e. The number of benzene rings is 2. The molecular weight excluding hydrogens is 332 g/mol. The monoisotopic (exact) mass is 358 g/mol. The molecule has 3 rings (SSSR count). The average molecular weight is 358 g/mol. The first-order chi connectivity index (χ1) is 15.6. The van der Waals surface area contributed by atoms with Crippen LogP contribution in [-0.2, 0) is 4.79 Å². The molecule has 0 spiro atoms. The molecular formula is C20H18N2O4. The molecule has 2 aromatic carbocycles. The molecule has 0 bridgehead atoms. The minimum Gasteiger partial charge on any atom is -0.505 e. The van der Waals surface area contributed by atoms with Gasteiger partial charge in [0.15, 0.2) is 11.4 Å². The van der Waals surface area contributed by atoms with Crippen LogP contribution >= 0.6 is 0 Å². The molecule has 26 heavy (non-hydrogen) atoms. The number of pyridine rings is 1. The van der Waals surface area contributed by atoms with Gasteiger partial charge in [0.1, 0.15) is 17.3 Å². The predicted molar refractivity (Wildman–Crippen MR) is 97.7 cm³/mol. The fraction of sp³-hybridized carbons (Fsp3) is 0.150. The Morgan fingerprint density at radius 3 is 2.77 bits per heavy atom. The molecule has 0 unspecified atom stereocenters. The van der Waals surface area contributed by atoms with Crippen LogP contribution in [0.15, 0.2) is 48.5 Å². The van der Waals surface area contributed by atoms with Crippen molar-refractivity contribution >= 4 is 22.5 Å². The topological polar surface area (TPSA) is 88.5 Å². The Hall–Kier alpha value is -3.41. The Morgan fingerprint density at radius 2 is 2.08 bits per heavy atom. The van der Waals surface area contributed by atoms with Gasteiger partial charge in [-0.1, -0.05) is 18.2 Å². The van der Waals surface area contributed by atoms with Gasteiger partial charge in [-0.3, -0.25) is 9.59 Å². The van der Waals surface area contributed by atoms with Gasteiger partial charge in [0.05, 0.1) is 13.4 Å². The molecule has 0 saturated heterocycles. The first-order valence-electron chi connectivity index (χ1n) is 11.4. The normalized spacial score (nSPS) is 16.0. The molecule has 0 aliphatic rings. The van der Waals surface area contributed by atoms with Crippen LogP contribution in [0.3, 0.4) is 0 Å². The maximum absolute atomic E-state index is 12.5.